The summed E-state index contributed by atoms with van der Waals surface area (Å²) in [6.45, 7) is 0.676. The van der Waals surface area contributed by atoms with Crippen molar-refractivity contribution in [1.82, 2.24) is 0 Å². The minimum Gasteiger partial charge on any atom is -0.504 e. The van der Waals surface area contributed by atoms with Crippen LogP contribution in [0.2, 0.25) is 0 Å². The van der Waals surface area contributed by atoms with E-state index in [1.807, 2.05) is 0 Å². The van der Waals surface area contributed by atoms with Crippen LogP contribution >= 0.6 is 0 Å². The first-order valence-corrected chi connectivity index (χ1v) is 9.71. The number of methoxy groups -OCH3 is 3. The molecule has 162 valence electrons. The summed E-state index contributed by atoms with van der Waals surface area (Å²) >= 11 is 0. The predicted octanol–water partition coefficient (Wildman–Crippen LogP) is 2.69. The number of hydrogen-bond donors (Lipinski definition) is 3. The van der Waals surface area contributed by atoms with Crippen molar-refractivity contribution >= 4 is 0 Å². The molecule has 8 nitrogen and oxygen atoms in total. The molecule has 2 saturated heterocycles. The van der Waals surface area contributed by atoms with Crippen molar-refractivity contribution in [3.8, 4) is 28.7 Å². The van der Waals surface area contributed by atoms with Crippen LogP contribution in [0.15, 0.2) is 24.3 Å². The van der Waals surface area contributed by atoms with Crippen molar-refractivity contribution in [2.45, 2.75) is 18.8 Å². The average Bonchev–Trinajstić information content (AvgIpc) is 3.36. The molecule has 2 aliphatic heterocycles. The molecule has 2 aromatic rings. The molecule has 2 heterocycles. The zero-order valence-electron chi connectivity index (χ0n) is 17.1. The fourth-order valence-corrected chi connectivity index (χ4v) is 4.44. The highest BCUT2D eigenvalue weighted by atomic mass is 16.5. The molecule has 0 aromatic heterocycles. The number of fused-ring (bicyclic) bond motifs is 1. The molecule has 0 bridgehead atoms. The van der Waals surface area contributed by atoms with E-state index in [9.17, 15) is 15.3 Å². The third kappa shape index (κ3) is 3.30. The Kier molecular flexibility index (Phi) is 5.64. The normalized spacial score (nSPS) is 25.2. The van der Waals surface area contributed by atoms with Crippen molar-refractivity contribution in [3.05, 3.63) is 41.0 Å². The molecule has 3 N–H and O–H groups in total. The second-order valence-electron chi connectivity index (χ2n) is 7.50. The Morgan fingerprint density at radius 1 is 0.767 bits per heavy atom. The second kappa shape index (κ2) is 8.22. The molecule has 1 unspecified atom stereocenters. The van der Waals surface area contributed by atoms with Crippen LogP contribution in [0, 0.1) is 11.8 Å². The van der Waals surface area contributed by atoms with Crippen molar-refractivity contribution in [2.75, 3.05) is 34.5 Å². The summed E-state index contributed by atoms with van der Waals surface area (Å²) in [5.74, 6) is 0.999. The molecule has 0 spiro atoms. The van der Waals surface area contributed by atoms with E-state index in [0.717, 1.165) is 11.1 Å². The molecule has 2 fully saturated rings. The van der Waals surface area contributed by atoms with E-state index < -0.39 is 0 Å². The maximum atomic E-state index is 10.2. The molecule has 8 heteroatoms. The summed E-state index contributed by atoms with van der Waals surface area (Å²) in [6, 6.07) is 6.99. The smallest absolute Gasteiger partial charge is 0.200 e. The Balaban J connectivity index is 1.63. The van der Waals surface area contributed by atoms with Crippen LogP contribution < -0.4 is 14.2 Å². The van der Waals surface area contributed by atoms with Crippen LogP contribution in [0.1, 0.15) is 28.9 Å². The molecule has 2 aliphatic rings. The van der Waals surface area contributed by atoms with Gasteiger partial charge in [0.2, 0.25) is 5.75 Å². The zero-order chi connectivity index (χ0) is 21.4. The third-order valence-electron chi connectivity index (χ3n) is 5.99. The second-order valence-corrected chi connectivity index (χ2v) is 7.50. The number of phenolic OH excluding ortho intramolecular Hbond substituents is 1. The van der Waals surface area contributed by atoms with Gasteiger partial charge >= 0.3 is 0 Å². The van der Waals surface area contributed by atoms with Crippen LogP contribution in [0.25, 0.3) is 0 Å². The Bertz CT molecular complexity index is 802. The van der Waals surface area contributed by atoms with E-state index in [0.29, 0.717) is 36.0 Å². The maximum absolute atomic E-state index is 10.2. The largest absolute Gasteiger partial charge is 0.504 e. The molecule has 4 atom stereocenters. The molecular weight excluding hydrogens is 392 g/mol. The number of rotatable bonds is 6. The standard InChI is InChI=1S/C22H26O8/c1-26-16-5-11(4-13(8-23)19(16)24)21-14-9-30-22(15(14)10-29-21)12-6-17(27-2)20(25)18(7-12)28-3/h4-7,14-15,21-25H,8-10H2,1-3H3/t14-,15-,21+,22?/m0/s1. The Morgan fingerprint density at radius 2 is 1.20 bits per heavy atom. The summed E-state index contributed by atoms with van der Waals surface area (Å²) in [5.41, 5.74) is 2.06. The highest BCUT2D eigenvalue weighted by molar-refractivity contribution is 5.53. The molecule has 4 rings (SSSR count). The van der Waals surface area contributed by atoms with E-state index in [2.05, 4.69) is 0 Å². The number of aliphatic hydroxyl groups excluding tert-OH is 1. The summed E-state index contributed by atoms with van der Waals surface area (Å²) in [7, 11) is 4.45. The number of aromatic hydroxyl groups is 2. The molecular formula is C22H26O8. The summed E-state index contributed by atoms with van der Waals surface area (Å²) in [4.78, 5) is 0. The quantitative estimate of drug-likeness (QED) is 0.657. The number of phenols is 2. The number of aliphatic hydroxyl groups is 1. The van der Waals surface area contributed by atoms with Gasteiger partial charge in [-0.05, 0) is 35.4 Å². The van der Waals surface area contributed by atoms with E-state index in [1.165, 1.54) is 21.3 Å². The molecule has 30 heavy (non-hydrogen) atoms. The van der Waals surface area contributed by atoms with Crippen LogP contribution in [0.3, 0.4) is 0 Å². The van der Waals surface area contributed by atoms with Crippen molar-refractivity contribution < 1.29 is 39.0 Å². The number of hydrogen-bond acceptors (Lipinski definition) is 8. The lowest BCUT2D eigenvalue weighted by Gasteiger charge is -2.19. The van der Waals surface area contributed by atoms with Gasteiger partial charge in [-0.2, -0.15) is 0 Å². The van der Waals surface area contributed by atoms with Crippen LogP contribution in [0.4, 0.5) is 0 Å². The maximum Gasteiger partial charge on any atom is 0.200 e. The van der Waals surface area contributed by atoms with Gasteiger partial charge < -0.3 is 39.0 Å². The van der Waals surface area contributed by atoms with Gasteiger partial charge in [0.1, 0.15) is 0 Å². The zero-order valence-corrected chi connectivity index (χ0v) is 17.1. The monoisotopic (exact) mass is 418 g/mol. The number of ether oxygens (including phenoxy) is 5. The predicted molar refractivity (Wildman–Crippen MR) is 106 cm³/mol. The van der Waals surface area contributed by atoms with Gasteiger partial charge in [-0.1, -0.05) is 0 Å². The number of benzene rings is 2. The summed E-state index contributed by atoms with van der Waals surface area (Å²) < 4.78 is 28.1. The Labute approximate surface area is 174 Å². The molecule has 0 saturated carbocycles. The summed E-state index contributed by atoms with van der Waals surface area (Å²) in [5, 5.41) is 29.9. The molecule has 0 aliphatic carbocycles. The minimum atomic E-state index is -0.303. The first-order valence-electron chi connectivity index (χ1n) is 9.71. The van der Waals surface area contributed by atoms with Gasteiger partial charge in [-0.15, -0.1) is 0 Å². The van der Waals surface area contributed by atoms with Crippen LogP contribution in [0.5, 0.6) is 28.7 Å². The highest BCUT2D eigenvalue weighted by Gasteiger charge is 2.48. The minimum absolute atomic E-state index is 0.0495. The molecule has 0 amide bonds. The Morgan fingerprint density at radius 3 is 1.63 bits per heavy atom. The van der Waals surface area contributed by atoms with Gasteiger partial charge in [0.25, 0.3) is 0 Å². The van der Waals surface area contributed by atoms with Crippen LogP contribution in [-0.2, 0) is 16.1 Å². The third-order valence-corrected chi connectivity index (χ3v) is 5.99. The van der Waals surface area contributed by atoms with Gasteiger partial charge in [0, 0.05) is 17.4 Å². The van der Waals surface area contributed by atoms with Crippen molar-refractivity contribution in [3.63, 3.8) is 0 Å². The van der Waals surface area contributed by atoms with Crippen molar-refractivity contribution in [1.29, 1.82) is 0 Å². The van der Waals surface area contributed by atoms with E-state index in [1.54, 1.807) is 24.3 Å². The van der Waals surface area contributed by atoms with Crippen molar-refractivity contribution in [2.24, 2.45) is 11.8 Å². The molecule has 2 aromatic carbocycles. The van der Waals surface area contributed by atoms with E-state index >= 15 is 0 Å². The van der Waals surface area contributed by atoms with Gasteiger partial charge in [0.05, 0.1) is 53.4 Å². The first-order chi connectivity index (χ1) is 14.5. The van der Waals surface area contributed by atoms with Crippen LogP contribution in [-0.4, -0.2) is 49.9 Å². The lowest BCUT2D eigenvalue weighted by molar-refractivity contribution is 0.0190. The molecule has 0 radical (unpaired) electrons. The van der Waals surface area contributed by atoms with Gasteiger partial charge in [-0.3, -0.25) is 0 Å². The topological polar surface area (TPSA) is 107 Å². The highest BCUT2D eigenvalue weighted by Crippen LogP contribution is 2.52. The lowest BCUT2D eigenvalue weighted by atomic mass is 9.84. The first kappa shape index (κ1) is 20.6. The lowest BCUT2D eigenvalue weighted by Crippen LogP contribution is -2.15. The fraction of sp³-hybridized carbons (Fsp3) is 0.455. The average molecular weight is 418 g/mol. The SMILES string of the molecule is COc1cc([C@H]2OC[C@@H]3C(c4cc(OC)c(O)c(OC)c4)OC[C@H]23)cc(CO)c1O. The van der Waals surface area contributed by atoms with E-state index in [4.69, 9.17) is 23.7 Å². The van der Waals surface area contributed by atoms with Gasteiger partial charge in [-0.25, -0.2) is 0 Å². The fourth-order valence-electron chi connectivity index (χ4n) is 4.44. The Hall–Kier alpha value is -2.68. The van der Waals surface area contributed by atoms with Gasteiger partial charge in [0.15, 0.2) is 23.0 Å². The van der Waals surface area contributed by atoms with E-state index in [-0.39, 0.29) is 42.1 Å². The summed E-state index contributed by atoms with van der Waals surface area (Å²) in [6.07, 6.45) is -0.486.